The molecule has 0 spiro atoms. The first kappa shape index (κ1) is 20.4. The first-order valence-electron chi connectivity index (χ1n) is 10.7. The molecule has 0 unspecified atom stereocenters. The Morgan fingerprint density at radius 3 is 2.79 bits per heavy atom. The minimum absolute atomic E-state index is 0.132. The Morgan fingerprint density at radius 2 is 2.03 bits per heavy atom. The Labute approximate surface area is 182 Å². The number of hydrogen-bond acceptors (Lipinski definition) is 3. The fourth-order valence-corrected chi connectivity index (χ4v) is 4.56. The largest absolute Gasteiger partial charge is 0.376 e. The average Bonchev–Trinajstić information content (AvgIpc) is 3.55. The summed E-state index contributed by atoms with van der Waals surface area (Å²) in [6.07, 6.45) is 3.87. The van der Waals surface area contributed by atoms with E-state index in [2.05, 4.69) is 50.4 Å². The van der Waals surface area contributed by atoms with Crippen molar-refractivity contribution < 1.29 is 4.79 Å². The fourth-order valence-electron chi connectivity index (χ4n) is 4.15. The molecule has 1 heterocycles. The van der Waals surface area contributed by atoms with Crippen molar-refractivity contribution >= 4 is 27.5 Å². The molecule has 0 aromatic heterocycles. The molecule has 2 aliphatic rings. The lowest BCUT2D eigenvalue weighted by Crippen LogP contribution is -2.36. The number of amides is 1. The molecule has 154 valence electrons. The third-order valence-corrected chi connectivity index (χ3v) is 6.82. The second kappa shape index (κ2) is 9.31. The molecule has 29 heavy (non-hydrogen) atoms. The van der Waals surface area contributed by atoms with E-state index in [-0.39, 0.29) is 5.91 Å². The first-order valence-corrected chi connectivity index (χ1v) is 11.5. The van der Waals surface area contributed by atoms with Crippen molar-refractivity contribution in [2.75, 3.05) is 31.5 Å². The Kier molecular flexibility index (Phi) is 6.56. The van der Waals surface area contributed by atoms with E-state index in [4.69, 9.17) is 0 Å². The molecule has 0 radical (unpaired) electrons. The molecule has 1 N–H and O–H groups in total. The summed E-state index contributed by atoms with van der Waals surface area (Å²) in [4.78, 5) is 17.3. The molecule has 2 aromatic carbocycles. The highest BCUT2D eigenvalue weighted by atomic mass is 79.9. The fraction of sp³-hybridized carbons (Fsp3) is 0.458. The van der Waals surface area contributed by atoms with Gasteiger partial charge in [-0.15, -0.1) is 0 Å². The molecule has 1 amide bonds. The van der Waals surface area contributed by atoms with E-state index in [0.717, 1.165) is 41.2 Å². The second-order valence-corrected chi connectivity index (χ2v) is 9.08. The Balaban J connectivity index is 1.37. The third-order valence-electron chi connectivity index (χ3n) is 6.04. The van der Waals surface area contributed by atoms with Gasteiger partial charge in [0.25, 0.3) is 0 Å². The average molecular weight is 456 g/mol. The first-order chi connectivity index (χ1) is 14.1. The van der Waals surface area contributed by atoms with Crippen molar-refractivity contribution in [2.45, 2.75) is 39.3 Å². The van der Waals surface area contributed by atoms with Crippen LogP contribution in [-0.2, 0) is 24.3 Å². The number of carbonyl (C=O) groups is 1. The molecule has 0 saturated heterocycles. The van der Waals surface area contributed by atoms with E-state index in [0.29, 0.717) is 19.6 Å². The third kappa shape index (κ3) is 5.20. The van der Waals surface area contributed by atoms with E-state index in [1.165, 1.54) is 30.5 Å². The number of fused-ring (bicyclic) bond motifs is 1. The Morgan fingerprint density at radius 1 is 1.21 bits per heavy atom. The molecule has 5 heteroatoms. The summed E-state index contributed by atoms with van der Waals surface area (Å²) in [7, 11) is 0. The molecular formula is C24H30BrN3O. The molecule has 4 nitrogen and oxygen atoms in total. The zero-order chi connectivity index (χ0) is 20.2. The highest BCUT2D eigenvalue weighted by Gasteiger charge is 2.27. The number of carbonyl (C=O) groups excluding carboxylic acids is 1. The van der Waals surface area contributed by atoms with Crippen LogP contribution in [0.15, 0.2) is 46.9 Å². The van der Waals surface area contributed by atoms with Gasteiger partial charge in [-0.3, -0.25) is 9.69 Å². The van der Waals surface area contributed by atoms with Gasteiger partial charge < -0.3 is 10.2 Å². The van der Waals surface area contributed by atoms with Crippen molar-refractivity contribution in [3.8, 4) is 0 Å². The van der Waals surface area contributed by atoms with Gasteiger partial charge in [0, 0.05) is 42.9 Å². The lowest BCUT2D eigenvalue weighted by molar-refractivity contribution is -0.129. The summed E-state index contributed by atoms with van der Waals surface area (Å²) in [5, 5.41) is 3.43. The minimum atomic E-state index is 0.132. The maximum atomic E-state index is 12.9. The van der Waals surface area contributed by atoms with Crippen LogP contribution in [0.25, 0.3) is 0 Å². The van der Waals surface area contributed by atoms with E-state index in [1.54, 1.807) is 0 Å². The number of rotatable bonds is 8. The standard InChI is InChI=1S/C24H30BrN3O/c1-2-28(17-20-6-3-4-8-22(20)25)24(29)14-26-23-9-5-7-19-16-27(13-12-21(19)23)15-18-10-11-18/h3-9,18,26H,2,10-17H2,1H3. The summed E-state index contributed by atoms with van der Waals surface area (Å²) in [5.41, 5.74) is 5.06. The maximum absolute atomic E-state index is 12.9. The molecule has 1 saturated carbocycles. The summed E-state index contributed by atoms with van der Waals surface area (Å²) >= 11 is 3.59. The second-order valence-electron chi connectivity index (χ2n) is 8.22. The van der Waals surface area contributed by atoms with Gasteiger partial charge in [-0.05, 0) is 60.9 Å². The monoisotopic (exact) mass is 455 g/mol. The SMILES string of the molecule is CCN(Cc1ccccc1Br)C(=O)CNc1cccc2c1CCN(CC1CC1)C2. The molecule has 1 fully saturated rings. The van der Waals surface area contributed by atoms with Crippen molar-refractivity contribution in [2.24, 2.45) is 5.92 Å². The number of benzene rings is 2. The minimum Gasteiger partial charge on any atom is -0.376 e. The molecule has 2 aromatic rings. The number of nitrogens with zero attached hydrogens (tertiary/aromatic N) is 2. The molecule has 0 bridgehead atoms. The van der Waals surface area contributed by atoms with Crippen LogP contribution in [0, 0.1) is 5.92 Å². The maximum Gasteiger partial charge on any atom is 0.242 e. The van der Waals surface area contributed by atoms with Crippen molar-refractivity contribution in [3.05, 3.63) is 63.6 Å². The summed E-state index contributed by atoms with van der Waals surface area (Å²) in [6.45, 7) is 7.11. The highest BCUT2D eigenvalue weighted by Crippen LogP contribution is 2.32. The van der Waals surface area contributed by atoms with E-state index >= 15 is 0 Å². The number of halogens is 1. The number of likely N-dealkylation sites (N-methyl/N-ethyl adjacent to an activating group) is 1. The Hall–Kier alpha value is -1.85. The van der Waals surface area contributed by atoms with Gasteiger partial charge in [-0.1, -0.05) is 46.3 Å². The van der Waals surface area contributed by atoms with Gasteiger partial charge in [0.05, 0.1) is 6.54 Å². The van der Waals surface area contributed by atoms with Gasteiger partial charge in [-0.2, -0.15) is 0 Å². The lowest BCUT2D eigenvalue weighted by Gasteiger charge is -2.30. The summed E-state index contributed by atoms with van der Waals surface area (Å²) in [6, 6.07) is 14.6. The van der Waals surface area contributed by atoms with Gasteiger partial charge >= 0.3 is 0 Å². The smallest absolute Gasteiger partial charge is 0.242 e. The van der Waals surface area contributed by atoms with Crippen molar-refractivity contribution in [1.82, 2.24) is 9.80 Å². The van der Waals surface area contributed by atoms with Crippen LogP contribution in [0.3, 0.4) is 0 Å². The highest BCUT2D eigenvalue weighted by molar-refractivity contribution is 9.10. The number of hydrogen-bond donors (Lipinski definition) is 1. The quantitative estimate of drug-likeness (QED) is 0.627. The van der Waals surface area contributed by atoms with Crippen LogP contribution in [0.2, 0.25) is 0 Å². The van der Waals surface area contributed by atoms with Crippen molar-refractivity contribution in [1.29, 1.82) is 0 Å². The van der Waals surface area contributed by atoms with Crippen LogP contribution in [0.1, 0.15) is 36.5 Å². The molecule has 4 rings (SSSR count). The van der Waals surface area contributed by atoms with Crippen LogP contribution >= 0.6 is 15.9 Å². The predicted octanol–water partition coefficient (Wildman–Crippen LogP) is 4.68. The summed E-state index contributed by atoms with van der Waals surface area (Å²) in [5.74, 6) is 1.06. The zero-order valence-electron chi connectivity index (χ0n) is 17.2. The number of anilines is 1. The van der Waals surface area contributed by atoms with Gasteiger partial charge in [0.15, 0.2) is 0 Å². The van der Waals surface area contributed by atoms with Gasteiger partial charge in [0.2, 0.25) is 5.91 Å². The Bertz CT molecular complexity index is 865. The van der Waals surface area contributed by atoms with Crippen LogP contribution < -0.4 is 5.32 Å². The van der Waals surface area contributed by atoms with Crippen LogP contribution in [0.4, 0.5) is 5.69 Å². The predicted molar refractivity (Wildman–Crippen MR) is 122 cm³/mol. The van der Waals surface area contributed by atoms with Crippen LogP contribution in [0.5, 0.6) is 0 Å². The molecular weight excluding hydrogens is 426 g/mol. The lowest BCUT2D eigenvalue weighted by atomic mass is 9.97. The molecule has 0 atom stereocenters. The van der Waals surface area contributed by atoms with Gasteiger partial charge in [0.1, 0.15) is 0 Å². The van der Waals surface area contributed by atoms with Crippen LogP contribution in [-0.4, -0.2) is 41.9 Å². The normalized spacial score (nSPS) is 16.3. The van der Waals surface area contributed by atoms with E-state index in [1.807, 2.05) is 30.0 Å². The topological polar surface area (TPSA) is 35.6 Å². The molecule has 1 aliphatic carbocycles. The van der Waals surface area contributed by atoms with E-state index in [9.17, 15) is 4.79 Å². The summed E-state index contributed by atoms with van der Waals surface area (Å²) < 4.78 is 1.05. The molecule has 1 aliphatic heterocycles. The van der Waals surface area contributed by atoms with Gasteiger partial charge in [-0.25, -0.2) is 0 Å². The van der Waals surface area contributed by atoms with Crippen molar-refractivity contribution in [3.63, 3.8) is 0 Å². The zero-order valence-corrected chi connectivity index (χ0v) is 18.7. The van der Waals surface area contributed by atoms with E-state index < -0.39 is 0 Å². The number of nitrogens with one attached hydrogen (secondary N) is 1.